The smallest absolute Gasteiger partial charge is 0.240 e. The van der Waals surface area contributed by atoms with Crippen LogP contribution in [-0.2, 0) is 9.59 Å². The van der Waals surface area contributed by atoms with E-state index in [4.69, 9.17) is 9.47 Å². The first kappa shape index (κ1) is 20.9. The van der Waals surface area contributed by atoms with Crippen molar-refractivity contribution in [1.29, 1.82) is 0 Å². The number of amides is 2. The molecule has 2 aromatic rings. The van der Waals surface area contributed by atoms with Crippen molar-refractivity contribution in [1.82, 2.24) is 5.43 Å². The molecule has 0 atom stereocenters. The summed E-state index contributed by atoms with van der Waals surface area (Å²) < 4.78 is 23.3. The van der Waals surface area contributed by atoms with E-state index < -0.39 is 5.91 Å². The Bertz CT molecular complexity index is 866. The molecule has 0 unspecified atom stereocenters. The number of hydrogen-bond acceptors (Lipinski definition) is 5. The maximum atomic E-state index is 12.8. The molecule has 0 bridgehead atoms. The van der Waals surface area contributed by atoms with Gasteiger partial charge in [0.05, 0.1) is 19.9 Å². The molecule has 2 N–H and O–H groups in total. The number of benzene rings is 2. The van der Waals surface area contributed by atoms with Crippen molar-refractivity contribution in [2.24, 2.45) is 5.10 Å². The summed E-state index contributed by atoms with van der Waals surface area (Å²) in [5.74, 6) is 0.0672. The van der Waals surface area contributed by atoms with E-state index in [1.54, 1.807) is 32.2 Å². The third-order valence-electron chi connectivity index (χ3n) is 3.85. The molecule has 0 aromatic heterocycles. The Labute approximate surface area is 162 Å². The zero-order valence-electron chi connectivity index (χ0n) is 15.9. The first-order chi connectivity index (χ1) is 13.4. The van der Waals surface area contributed by atoms with E-state index in [0.29, 0.717) is 28.5 Å². The molecule has 2 amide bonds. The number of methoxy groups -OCH3 is 2. The van der Waals surface area contributed by atoms with Crippen molar-refractivity contribution < 1.29 is 23.5 Å². The van der Waals surface area contributed by atoms with Crippen LogP contribution in [0.3, 0.4) is 0 Å². The summed E-state index contributed by atoms with van der Waals surface area (Å²) >= 11 is 0. The number of hydrogen-bond donors (Lipinski definition) is 2. The summed E-state index contributed by atoms with van der Waals surface area (Å²) in [6.07, 6.45) is -0.0623. The number of anilines is 1. The highest BCUT2D eigenvalue weighted by Crippen LogP contribution is 2.25. The maximum Gasteiger partial charge on any atom is 0.240 e. The fraction of sp³-hybridized carbons (Fsp3) is 0.250. The van der Waals surface area contributed by atoms with Gasteiger partial charge in [-0.3, -0.25) is 9.59 Å². The minimum absolute atomic E-state index is 0.0242. The molecular formula is C20H22FN3O4. The second kappa shape index (κ2) is 10.1. The molecule has 0 saturated carbocycles. The molecule has 7 nitrogen and oxygen atoms in total. The van der Waals surface area contributed by atoms with Crippen LogP contribution in [0.25, 0.3) is 0 Å². The molecule has 0 aliphatic carbocycles. The predicted molar refractivity (Wildman–Crippen MR) is 104 cm³/mol. The molecule has 2 aromatic carbocycles. The molecule has 0 spiro atoms. The number of nitrogens with one attached hydrogen (secondary N) is 2. The molecule has 148 valence electrons. The summed E-state index contributed by atoms with van der Waals surface area (Å²) in [7, 11) is 3.09. The Hall–Kier alpha value is -3.42. The lowest BCUT2D eigenvalue weighted by molar-refractivity contribution is -0.124. The largest absolute Gasteiger partial charge is 0.497 e. The molecule has 28 heavy (non-hydrogen) atoms. The first-order valence-corrected chi connectivity index (χ1v) is 8.54. The first-order valence-electron chi connectivity index (χ1n) is 8.54. The quantitative estimate of drug-likeness (QED) is 0.538. The van der Waals surface area contributed by atoms with Crippen LogP contribution >= 0.6 is 0 Å². The summed E-state index contributed by atoms with van der Waals surface area (Å²) in [6.45, 7) is 1.73. The molecule has 0 fully saturated rings. The number of rotatable bonds is 8. The fourth-order valence-electron chi connectivity index (χ4n) is 2.34. The highest BCUT2D eigenvalue weighted by Gasteiger charge is 2.10. The number of ether oxygens (including phenoxy) is 2. The number of hydrazone groups is 1. The van der Waals surface area contributed by atoms with Gasteiger partial charge in [0.1, 0.15) is 17.3 Å². The summed E-state index contributed by atoms with van der Waals surface area (Å²) in [5, 5.41) is 6.64. The van der Waals surface area contributed by atoms with Crippen LogP contribution in [0.4, 0.5) is 10.1 Å². The second-order valence-electron chi connectivity index (χ2n) is 5.85. The number of carbonyl (C=O) groups is 2. The molecule has 0 heterocycles. The normalized spacial score (nSPS) is 10.9. The van der Waals surface area contributed by atoms with Crippen LogP contribution in [0.15, 0.2) is 47.6 Å². The van der Waals surface area contributed by atoms with Crippen LogP contribution in [0.2, 0.25) is 0 Å². The molecule has 8 heteroatoms. The van der Waals surface area contributed by atoms with Crippen LogP contribution in [0.1, 0.15) is 25.3 Å². The van der Waals surface area contributed by atoms with E-state index in [0.717, 1.165) is 0 Å². The summed E-state index contributed by atoms with van der Waals surface area (Å²) in [5.41, 5.74) is 4.14. The molecule has 0 aliphatic heterocycles. The molecular weight excluding hydrogens is 365 g/mol. The van der Waals surface area contributed by atoms with Crippen molar-refractivity contribution >= 4 is 23.2 Å². The van der Waals surface area contributed by atoms with E-state index in [1.807, 2.05) is 0 Å². The van der Waals surface area contributed by atoms with E-state index >= 15 is 0 Å². The van der Waals surface area contributed by atoms with Gasteiger partial charge in [-0.2, -0.15) is 5.10 Å². The van der Waals surface area contributed by atoms with Crippen molar-refractivity contribution in [2.75, 3.05) is 19.5 Å². The Morgan fingerprint density at radius 3 is 2.32 bits per heavy atom. The lowest BCUT2D eigenvalue weighted by atomic mass is 10.1. The van der Waals surface area contributed by atoms with Gasteiger partial charge in [-0.1, -0.05) is 0 Å². The molecule has 0 radical (unpaired) electrons. The predicted octanol–water partition coefficient (Wildman–Crippen LogP) is 3.10. The number of carbonyl (C=O) groups excluding carboxylic acids is 2. The Morgan fingerprint density at radius 2 is 1.68 bits per heavy atom. The van der Waals surface area contributed by atoms with Gasteiger partial charge in [0.25, 0.3) is 0 Å². The van der Waals surface area contributed by atoms with Gasteiger partial charge in [-0.15, -0.1) is 0 Å². The van der Waals surface area contributed by atoms with E-state index in [1.165, 1.54) is 31.4 Å². The van der Waals surface area contributed by atoms with Gasteiger partial charge in [-0.25, -0.2) is 9.82 Å². The maximum absolute atomic E-state index is 12.8. The van der Waals surface area contributed by atoms with Gasteiger partial charge >= 0.3 is 0 Å². The topological polar surface area (TPSA) is 89.0 Å². The lowest BCUT2D eigenvalue weighted by Crippen LogP contribution is -2.21. The van der Waals surface area contributed by atoms with Gasteiger partial charge in [-0.05, 0) is 43.3 Å². The minimum atomic E-state index is -0.402. The van der Waals surface area contributed by atoms with E-state index in [9.17, 15) is 14.0 Å². The van der Waals surface area contributed by atoms with Crippen LogP contribution in [0, 0.1) is 5.82 Å². The zero-order valence-corrected chi connectivity index (χ0v) is 15.9. The third kappa shape index (κ3) is 6.08. The van der Waals surface area contributed by atoms with E-state index in [-0.39, 0.29) is 24.6 Å². The highest BCUT2D eigenvalue weighted by molar-refractivity contribution is 6.02. The van der Waals surface area contributed by atoms with Crippen molar-refractivity contribution in [2.45, 2.75) is 19.8 Å². The van der Waals surface area contributed by atoms with Crippen LogP contribution in [-0.4, -0.2) is 31.7 Å². The lowest BCUT2D eigenvalue weighted by Gasteiger charge is -2.10. The van der Waals surface area contributed by atoms with Crippen LogP contribution < -0.4 is 20.2 Å². The minimum Gasteiger partial charge on any atom is -0.497 e. The van der Waals surface area contributed by atoms with Gasteiger partial charge < -0.3 is 14.8 Å². The van der Waals surface area contributed by atoms with E-state index in [2.05, 4.69) is 15.8 Å². The Kier molecular flexibility index (Phi) is 7.50. The Morgan fingerprint density at radius 1 is 1.00 bits per heavy atom. The summed E-state index contributed by atoms with van der Waals surface area (Å²) in [4.78, 5) is 23.8. The van der Waals surface area contributed by atoms with Gasteiger partial charge in [0.15, 0.2) is 0 Å². The monoisotopic (exact) mass is 387 g/mol. The van der Waals surface area contributed by atoms with Crippen molar-refractivity contribution in [3.8, 4) is 11.5 Å². The van der Waals surface area contributed by atoms with Crippen molar-refractivity contribution in [3.63, 3.8) is 0 Å². The number of halogens is 1. The second-order valence-corrected chi connectivity index (χ2v) is 5.85. The molecule has 0 aliphatic rings. The number of nitrogens with zero attached hydrogens (tertiary/aromatic N) is 1. The van der Waals surface area contributed by atoms with Crippen molar-refractivity contribution in [3.05, 3.63) is 53.8 Å². The molecule has 2 rings (SSSR count). The van der Waals surface area contributed by atoms with Crippen LogP contribution in [0.5, 0.6) is 11.5 Å². The average molecular weight is 387 g/mol. The standard InChI is InChI=1S/C20H22FN3O4/c1-13(17-9-8-16(27-2)12-18(17)28-3)23-24-20(26)11-10-19(25)22-15-6-4-14(21)5-7-15/h4-9,12H,10-11H2,1-3H3,(H,22,25)(H,24,26). The van der Waals surface area contributed by atoms with Gasteiger partial charge in [0, 0.05) is 30.2 Å². The Balaban J connectivity index is 1.87. The third-order valence-corrected chi connectivity index (χ3v) is 3.85. The average Bonchev–Trinajstić information content (AvgIpc) is 2.71. The molecule has 0 saturated heterocycles. The SMILES string of the molecule is COc1ccc(C(C)=NNC(=O)CCC(=O)Nc2ccc(F)cc2)c(OC)c1. The highest BCUT2D eigenvalue weighted by atomic mass is 19.1. The zero-order chi connectivity index (χ0) is 20.5. The fourth-order valence-corrected chi connectivity index (χ4v) is 2.34. The van der Waals surface area contributed by atoms with Gasteiger partial charge in [0.2, 0.25) is 11.8 Å². The summed E-state index contributed by atoms with van der Waals surface area (Å²) in [6, 6.07) is 10.6.